The van der Waals surface area contributed by atoms with Crippen LogP contribution >= 0.6 is 0 Å². The fourth-order valence-corrected chi connectivity index (χ4v) is 4.71. The Bertz CT molecular complexity index is 401. The average molecular weight is 318 g/mol. The van der Waals surface area contributed by atoms with Crippen LogP contribution < -0.4 is 5.73 Å². The molecular formula is C14H30N4O2S. The zero-order valence-electron chi connectivity index (χ0n) is 13.2. The smallest absolute Gasteiger partial charge is 0.281 e. The molecule has 2 fully saturated rings. The van der Waals surface area contributed by atoms with Crippen LogP contribution in [0.4, 0.5) is 0 Å². The molecule has 7 heteroatoms. The van der Waals surface area contributed by atoms with Crippen LogP contribution in [0.25, 0.3) is 0 Å². The van der Waals surface area contributed by atoms with E-state index in [1.807, 2.05) is 0 Å². The van der Waals surface area contributed by atoms with Gasteiger partial charge in [0.2, 0.25) is 0 Å². The summed E-state index contributed by atoms with van der Waals surface area (Å²) in [7, 11) is -1.63. The molecule has 2 heterocycles. The Morgan fingerprint density at radius 2 is 1.76 bits per heavy atom. The van der Waals surface area contributed by atoms with Gasteiger partial charge in [0, 0.05) is 33.2 Å². The molecule has 0 aromatic heterocycles. The van der Waals surface area contributed by atoms with Crippen molar-refractivity contribution >= 4 is 10.2 Å². The zero-order chi connectivity index (χ0) is 15.3. The Balaban J connectivity index is 1.79. The molecule has 0 aliphatic carbocycles. The summed E-state index contributed by atoms with van der Waals surface area (Å²) in [6.07, 6.45) is 5.32. The summed E-state index contributed by atoms with van der Waals surface area (Å²) in [6.45, 7) is 5.95. The SMILES string of the molecule is CN(CCCN)S(=O)(=O)N1CCC(CN2CCCC2)CC1. The van der Waals surface area contributed by atoms with E-state index in [1.165, 1.54) is 30.2 Å². The molecule has 2 aliphatic heterocycles. The fourth-order valence-electron chi connectivity index (χ4n) is 3.28. The molecule has 0 bridgehead atoms. The molecule has 2 rings (SSSR count). The van der Waals surface area contributed by atoms with Gasteiger partial charge in [0.25, 0.3) is 10.2 Å². The topological polar surface area (TPSA) is 69.9 Å². The van der Waals surface area contributed by atoms with E-state index in [9.17, 15) is 8.42 Å². The van der Waals surface area contributed by atoms with Gasteiger partial charge in [-0.15, -0.1) is 0 Å². The van der Waals surface area contributed by atoms with Crippen LogP contribution in [0, 0.1) is 5.92 Å². The van der Waals surface area contributed by atoms with Crippen LogP contribution in [-0.2, 0) is 10.2 Å². The lowest BCUT2D eigenvalue weighted by molar-refractivity contribution is 0.200. The van der Waals surface area contributed by atoms with E-state index in [0.717, 1.165) is 19.4 Å². The summed E-state index contributed by atoms with van der Waals surface area (Å²) >= 11 is 0. The van der Waals surface area contributed by atoms with E-state index in [-0.39, 0.29) is 0 Å². The molecule has 0 amide bonds. The second kappa shape index (κ2) is 7.87. The number of nitrogens with zero attached hydrogens (tertiary/aromatic N) is 3. The van der Waals surface area contributed by atoms with Crippen LogP contribution in [0.1, 0.15) is 32.1 Å². The van der Waals surface area contributed by atoms with E-state index in [2.05, 4.69) is 4.90 Å². The Labute approximate surface area is 129 Å². The van der Waals surface area contributed by atoms with Crippen LogP contribution in [0.2, 0.25) is 0 Å². The molecule has 0 unspecified atom stereocenters. The monoisotopic (exact) mass is 318 g/mol. The van der Waals surface area contributed by atoms with E-state index < -0.39 is 10.2 Å². The molecule has 21 heavy (non-hydrogen) atoms. The van der Waals surface area contributed by atoms with E-state index >= 15 is 0 Å². The standard InChI is InChI=1S/C14H30N4O2S/c1-16(8-4-7-15)21(19,20)18-11-5-14(6-12-18)13-17-9-2-3-10-17/h14H,2-13,15H2,1H3. The molecule has 0 spiro atoms. The lowest BCUT2D eigenvalue weighted by Gasteiger charge is -2.35. The first-order chi connectivity index (χ1) is 10.0. The van der Waals surface area contributed by atoms with Gasteiger partial charge in [-0.3, -0.25) is 0 Å². The summed E-state index contributed by atoms with van der Waals surface area (Å²) in [4.78, 5) is 2.53. The summed E-state index contributed by atoms with van der Waals surface area (Å²) in [5, 5.41) is 0. The van der Waals surface area contributed by atoms with Crippen molar-refractivity contribution in [3.8, 4) is 0 Å². The number of hydrogen-bond acceptors (Lipinski definition) is 4. The van der Waals surface area contributed by atoms with Crippen LogP contribution in [-0.4, -0.2) is 74.8 Å². The first-order valence-corrected chi connectivity index (χ1v) is 9.57. The normalized spacial score (nSPS) is 23.2. The van der Waals surface area contributed by atoms with Gasteiger partial charge in [0.1, 0.15) is 0 Å². The van der Waals surface area contributed by atoms with E-state index in [0.29, 0.717) is 38.5 Å². The predicted octanol–water partition coefficient (Wildman–Crippen LogP) is 0.320. The minimum absolute atomic E-state index is 0.506. The molecule has 0 aromatic carbocycles. The number of rotatable bonds is 7. The summed E-state index contributed by atoms with van der Waals surface area (Å²) in [5.41, 5.74) is 5.45. The molecule has 0 atom stereocenters. The van der Waals surface area contributed by atoms with Gasteiger partial charge >= 0.3 is 0 Å². The van der Waals surface area contributed by atoms with Gasteiger partial charge in [-0.25, -0.2) is 0 Å². The highest BCUT2D eigenvalue weighted by Crippen LogP contribution is 2.23. The molecule has 0 saturated carbocycles. The highest BCUT2D eigenvalue weighted by Gasteiger charge is 2.31. The van der Waals surface area contributed by atoms with Crippen LogP contribution in [0.5, 0.6) is 0 Å². The predicted molar refractivity (Wildman–Crippen MR) is 85.2 cm³/mol. The Kier molecular flexibility index (Phi) is 6.43. The zero-order valence-corrected chi connectivity index (χ0v) is 14.0. The van der Waals surface area contributed by atoms with Gasteiger partial charge in [0.15, 0.2) is 0 Å². The third-order valence-corrected chi connectivity index (χ3v) is 6.67. The van der Waals surface area contributed by atoms with Crippen molar-refractivity contribution in [2.45, 2.75) is 32.1 Å². The van der Waals surface area contributed by atoms with Gasteiger partial charge in [0.05, 0.1) is 0 Å². The maximum Gasteiger partial charge on any atom is 0.281 e. The number of piperidine rings is 1. The molecule has 0 radical (unpaired) electrons. The quantitative estimate of drug-likeness (QED) is 0.734. The third kappa shape index (κ3) is 4.63. The van der Waals surface area contributed by atoms with Crippen molar-refractivity contribution in [2.75, 3.05) is 52.9 Å². The molecule has 2 aliphatic rings. The van der Waals surface area contributed by atoms with Crippen molar-refractivity contribution in [2.24, 2.45) is 11.7 Å². The highest BCUT2D eigenvalue weighted by molar-refractivity contribution is 7.86. The maximum absolute atomic E-state index is 12.4. The number of likely N-dealkylation sites (tertiary alicyclic amines) is 1. The first-order valence-electron chi connectivity index (χ1n) is 8.18. The van der Waals surface area contributed by atoms with Crippen LogP contribution in [0.3, 0.4) is 0 Å². The van der Waals surface area contributed by atoms with Crippen molar-refractivity contribution in [3.63, 3.8) is 0 Å². The van der Waals surface area contributed by atoms with E-state index in [1.54, 1.807) is 11.4 Å². The Morgan fingerprint density at radius 3 is 2.33 bits per heavy atom. The molecule has 0 aromatic rings. The minimum Gasteiger partial charge on any atom is -0.330 e. The van der Waals surface area contributed by atoms with E-state index in [4.69, 9.17) is 5.73 Å². The average Bonchev–Trinajstić information content (AvgIpc) is 2.98. The second-order valence-corrected chi connectivity index (χ2v) is 8.36. The van der Waals surface area contributed by atoms with Crippen molar-refractivity contribution in [3.05, 3.63) is 0 Å². The van der Waals surface area contributed by atoms with Crippen molar-refractivity contribution in [1.29, 1.82) is 0 Å². The highest BCUT2D eigenvalue weighted by atomic mass is 32.2. The lowest BCUT2D eigenvalue weighted by Crippen LogP contribution is -2.47. The molecule has 2 saturated heterocycles. The summed E-state index contributed by atoms with van der Waals surface area (Å²) in [5.74, 6) is 0.656. The van der Waals surface area contributed by atoms with Gasteiger partial charge in [-0.2, -0.15) is 17.0 Å². The second-order valence-electron chi connectivity index (χ2n) is 6.32. The van der Waals surface area contributed by atoms with Gasteiger partial charge < -0.3 is 10.6 Å². The Hall–Kier alpha value is -0.210. The fraction of sp³-hybridized carbons (Fsp3) is 1.00. The van der Waals surface area contributed by atoms with Gasteiger partial charge in [-0.05, 0) is 57.7 Å². The summed E-state index contributed by atoms with van der Waals surface area (Å²) in [6, 6.07) is 0. The molecular weight excluding hydrogens is 288 g/mol. The van der Waals surface area contributed by atoms with Crippen molar-refractivity contribution in [1.82, 2.24) is 13.5 Å². The molecule has 124 valence electrons. The largest absolute Gasteiger partial charge is 0.330 e. The number of nitrogens with two attached hydrogens (primary N) is 1. The maximum atomic E-state index is 12.4. The number of hydrogen-bond donors (Lipinski definition) is 1. The molecule has 6 nitrogen and oxygen atoms in total. The summed E-state index contributed by atoms with van der Waals surface area (Å²) < 4.78 is 28.0. The first kappa shape index (κ1) is 17.1. The molecule has 2 N–H and O–H groups in total. The van der Waals surface area contributed by atoms with Crippen molar-refractivity contribution < 1.29 is 8.42 Å². The minimum atomic E-state index is -3.29. The lowest BCUT2D eigenvalue weighted by atomic mass is 9.98. The Morgan fingerprint density at radius 1 is 1.14 bits per heavy atom. The third-order valence-electron chi connectivity index (χ3n) is 4.69. The van der Waals surface area contributed by atoms with Crippen LogP contribution in [0.15, 0.2) is 0 Å². The van der Waals surface area contributed by atoms with Gasteiger partial charge in [-0.1, -0.05) is 0 Å².